The Morgan fingerprint density at radius 3 is 1.97 bits per heavy atom. The number of hydrogen-bond acceptors (Lipinski definition) is 6. The molecule has 0 aromatic rings. The van der Waals surface area contributed by atoms with Gasteiger partial charge in [-0.05, 0) is 90.4 Å². The quantitative estimate of drug-likeness (QED) is 0.539. The van der Waals surface area contributed by atoms with Gasteiger partial charge in [0.25, 0.3) is 0 Å². The Morgan fingerprint density at radius 2 is 1.56 bits per heavy atom. The van der Waals surface area contributed by atoms with Gasteiger partial charge in [-0.2, -0.15) is 0 Å². The lowest BCUT2D eigenvalue weighted by Gasteiger charge is -2.57. The molecule has 4 amide bonds. The van der Waals surface area contributed by atoms with Crippen LogP contribution < -0.4 is 16.8 Å². The number of imide groups is 1. The molecule has 0 radical (unpaired) electrons. The van der Waals surface area contributed by atoms with Crippen LogP contribution >= 0.6 is 0 Å². The van der Waals surface area contributed by atoms with Gasteiger partial charge in [0.1, 0.15) is 11.6 Å². The Hall–Kier alpha value is -2.16. The molecule has 4 bridgehead atoms. The molecule has 0 saturated heterocycles. The van der Waals surface area contributed by atoms with Gasteiger partial charge in [0.05, 0.1) is 6.04 Å². The van der Waals surface area contributed by atoms with Gasteiger partial charge in [-0.15, -0.1) is 0 Å². The average Bonchev–Trinajstić information content (AvgIpc) is 2.60. The monoisotopic (exact) mass is 450 g/mol. The summed E-state index contributed by atoms with van der Waals surface area (Å²) in [7, 11) is 0. The molecule has 0 aromatic carbocycles. The van der Waals surface area contributed by atoms with Crippen molar-refractivity contribution in [1.82, 2.24) is 10.2 Å². The second kappa shape index (κ2) is 9.00. The van der Waals surface area contributed by atoms with Gasteiger partial charge in [-0.25, -0.2) is 9.69 Å². The minimum Gasteiger partial charge on any atom is -0.443 e. The first-order valence-electron chi connectivity index (χ1n) is 11.7. The van der Waals surface area contributed by atoms with Crippen molar-refractivity contribution in [1.29, 1.82) is 0 Å². The van der Waals surface area contributed by atoms with Gasteiger partial charge < -0.3 is 21.5 Å². The summed E-state index contributed by atoms with van der Waals surface area (Å²) in [4.78, 5) is 51.1. The van der Waals surface area contributed by atoms with E-state index in [9.17, 15) is 19.2 Å². The molecule has 4 saturated carbocycles. The molecule has 0 aromatic heterocycles. The Kier molecular flexibility index (Phi) is 6.88. The molecule has 0 unspecified atom stereocenters. The summed E-state index contributed by atoms with van der Waals surface area (Å²) in [6, 6.07) is -2.35. The zero-order chi connectivity index (χ0) is 23.8. The third kappa shape index (κ3) is 5.60. The summed E-state index contributed by atoms with van der Waals surface area (Å²) in [6.07, 6.45) is 5.73. The average molecular weight is 451 g/mol. The Bertz CT molecular complexity index is 738. The van der Waals surface area contributed by atoms with Crippen LogP contribution in [0.15, 0.2) is 0 Å². The van der Waals surface area contributed by atoms with Crippen LogP contribution in [0, 0.1) is 17.8 Å². The molecule has 4 aliphatic rings. The molecule has 9 nitrogen and oxygen atoms in total. The molecule has 5 N–H and O–H groups in total. The highest BCUT2D eigenvalue weighted by molar-refractivity contribution is 5.99. The smallest absolute Gasteiger partial charge is 0.417 e. The van der Waals surface area contributed by atoms with Crippen molar-refractivity contribution >= 4 is 23.8 Å². The summed E-state index contributed by atoms with van der Waals surface area (Å²) in [6.45, 7) is 6.37. The topological polar surface area (TPSA) is 145 Å². The van der Waals surface area contributed by atoms with Crippen LogP contribution in [0.5, 0.6) is 0 Å². The Labute approximate surface area is 189 Å². The third-order valence-corrected chi connectivity index (χ3v) is 6.94. The lowest BCUT2D eigenvalue weighted by Crippen LogP contribution is -2.60. The Morgan fingerprint density at radius 1 is 1.06 bits per heavy atom. The Balaban J connectivity index is 1.67. The lowest BCUT2D eigenvalue weighted by atomic mass is 9.53. The predicted molar refractivity (Wildman–Crippen MR) is 118 cm³/mol. The summed E-state index contributed by atoms with van der Waals surface area (Å²) in [5.74, 6) is 0.219. The molecule has 4 fully saturated rings. The number of rotatable bonds is 7. The van der Waals surface area contributed by atoms with Crippen LogP contribution in [0.1, 0.15) is 79.1 Å². The van der Waals surface area contributed by atoms with E-state index in [0.29, 0.717) is 22.7 Å². The van der Waals surface area contributed by atoms with Gasteiger partial charge in [0, 0.05) is 12.0 Å². The maximum Gasteiger partial charge on any atom is 0.417 e. The standard InChI is InChI=1S/C23H38N4O5/c1-13(24)20(30)27(21(31)32-22(2,3)4)17(19(25)29)5-6-18(28)26-23-10-14-7-15(11-23)9-16(8-14)12-23/h13-17H,5-12,24H2,1-4H3,(H2,25,29)(H,26,28)/t13-,14?,15?,16?,17+,23?/m0/s1. The number of nitrogens with two attached hydrogens (primary N) is 2. The number of nitrogens with zero attached hydrogens (tertiary/aromatic N) is 1. The van der Waals surface area contributed by atoms with Gasteiger partial charge in [-0.3, -0.25) is 14.4 Å². The SMILES string of the molecule is C[C@H](N)C(=O)N(C(=O)OC(C)(C)C)[C@H](CCC(=O)NC12CC3CC(CC(C3)C1)C2)C(N)=O. The van der Waals surface area contributed by atoms with E-state index in [4.69, 9.17) is 16.2 Å². The highest BCUT2D eigenvalue weighted by atomic mass is 16.6. The van der Waals surface area contributed by atoms with Crippen molar-refractivity contribution in [3.8, 4) is 0 Å². The maximum absolute atomic E-state index is 12.9. The van der Waals surface area contributed by atoms with Crippen molar-refractivity contribution < 1.29 is 23.9 Å². The minimum absolute atomic E-state index is 0.0269. The summed E-state index contributed by atoms with van der Waals surface area (Å²) >= 11 is 0. The van der Waals surface area contributed by atoms with Gasteiger partial charge in [0.2, 0.25) is 17.7 Å². The van der Waals surface area contributed by atoms with Crippen molar-refractivity contribution in [2.45, 2.75) is 102 Å². The third-order valence-electron chi connectivity index (χ3n) is 6.94. The van der Waals surface area contributed by atoms with Crippen molar-refractivity contribution in [2.75, 3.05) is 0 Å². The van der Waals surface area contributed by atoms with Crippen LogP contribution in [0.25, 0.3) is 0 Å². The first-order valence-corrected chi connectivity index (χ1v) is 11.7. The zero-order valence-corrected chi connectivity index (χ0v) is 19.7. The predicted octanol–water partition coefficient (Wildman–Crippen LogP) is 1.82. The first kappa shape index (κ1) is 24.5. The first-order chi connectivity index (χ1) is 14.8. The highest BCUT2D eigenvalue weighted by Crippen LogP contribution is 2.55. The number of primary amides is 1. The normalized spacial score (nSPS) is 30.3. The molecule has 2 atom stereocenters. The number of amides is 4. The number of hydrogen-bond donors (Lipinski definition) is 3. The van der Waals surface area contributed by atoms with Crippen LogP contribution in [0.2, 0.25) is 0 Å². The van der Waals surface area contributed by atoms with Crippen LogP contribution in [0.4, 0.5) is 4.79 Å². The fourth-order valence-corrected chi connectivity index (χ4v) is 6.19. The van der Waals surface area contributed by atoms with E-state index in [-0.39, 0.29) is 24.3 Å². The number of carbonyl (C=O) groups excluding carboxylic acids is 4. The van der Waals surface area contributed by atoms with Gasteiger partial charge >= 0.3 is 6.09 Å². The number of ether oxygens (including phenoxy) is 1. The van der Waals surface area contributed by atoms with Gasteiger partial charge in [-0.1, -0.05) is 0 Å². The largest absolute Gasteiger partial charge is 0.443 e. The molecule has 4 aliphatic carbocycles. The lowest BCUT2D eigenvalue weighted by molar-refractivity contribution is -0.140. The van der Waals surface area contributed by atoms with E-state index in [2.05, 4.69) is 5.32 Å². The molecule has 0 spiro atoms. The summed E-state index contributed by atoms with van der Waals surface area (Å²) < 4.78 is 5.30. The minimum atomic E-state index is -1.31. The van der Waals surface area contributed by atoms with Gasteiger partial charge in [0.15, 0.2) is 0 Å². The number of carbonyl (C=O) groups is 4. The van der Waals surface area contributed by atoms with Crippen molar-refractivity contribution in [2.24, 2.45) is 29.2 Å². The number of nitrogens with one attached hydrogen (secondary N) is 1. The maximum atomic E-state index is 12.9. The fourth-order valence-electron chi connectivity index (χ4n) is 6.19. The molecule has 4 rings (SSSR count). The van der Waals surface area contributed by atoms with E-state index < -0.39 is 35.6 Å². The van der Waals surface area contributed by atoms with E-state index >= 15 is 0 Å². The van der Waals surface area contributed by atoms with E-state index in [1.165, 1.54) is 26.2 Å². The molecule has 32 heavy (non-hydrogen) atoms. The fraction of sp³-hybridized carbons (Fsp3) is 0.826. The zero-order valence-electron chi connectivity index (χ0n) is 19.7. The van der Waals surface area contributed by atoms with Crippen LogP contribution in [0.3, 0.4) is 0 Å². The summed E-state index contributed by atoms with van der Waals surface area (Å²) in [5.41, 5.74) is 10.2. The second-order valence-electron chi connectivity index (χ2n) is 11.2. The molecule has 9 heteroatoms. The van der Waals surface area contributed by atoms with Crippen LogP contribution in [-0.2, 0) is 19.1 Å². The molecule has 0 aliphatic heterocycles. The second-order valence-corrected chi connectivity index (χ2v) is 11.2. The van der Waals surface area contributed by atoms with Crippen LogP contribution in [-0.4, -0.2) is 51.9 Å². The van der Waals surface area contributed by atoms with E-state index in [1.807, 2.05) is 0 Å². The molecular weight excluding hydrogens is 412 g/mol. The van der Waals surface area contributed by atoms with Crippen molar-refractivity contribution in [3.05, 3.63) is 0 Å². The highest BCUT2D eigenvalue weighted by Gasteiger charge is 2.51. The van der Waals surface area contributed by atoms with E-state index in [0.717, 1.165) is 19.3 Å². The molecular formula is C23H38N4O5. The van der Waals surface area contributed by atoms with E-state index in [1.54, 1.807) is 20.8 Å². The molecule has 180 valence electrons. The summed E-state index contributed by atoms with van der Waals surface area (Å²) in [5, 5.41) is 3.24. The van der Waals surface area contributed by atoms with Crippen molar-refractivity contribution in [3.63, 3.8) is 0 Å². The molecule has 0 heterocycles.